The number of carbonyl (C=O) groups is 1. The summed E-state index contributed by atoms with van der Waals surface area (Å²) in [5.74, 6) is -0.715. The lowest BCUT2D eigenvalue weighted by Crippen LogP contribution is -2.34. The molecule has 2 heterocycles. The smallest absolute Gasteiger partial charge is 0.249 e. The van der Waals surface area contributed by atoms with Crippen LogP contribution in [0.3, 0.4) is 0 Å². The lowest BCUT2D eigenvalue weighted by molar-refractivity contribution is -0.205. The van der Waals surface area contributed by atoms with E-state index in [9.17, 15) is 4.79 Å². The molecule has 5 heteroatoms. The van der Waals surface area contributed by atoms with Crippen molar-refractivity contribution in [2.45, 2.75) is 44.6 Å². The van der Waals surface area contributed by atoms with Gasteiger partial charge in [0, 0.05) is 13.5 Å². The highest BCUT2D eigenvalue weighted by Gasteiger charge is 2.50. The van der Waals surface area contributed by atoms with Crippen molar-refractivity contribution in [3.05, 3.63) is 0 Å². The molecule has 3 unspecified atom stereocenters. The quantitative estimate of drug-likeness (QED) is 0.648. The van der Waals surface area contributed by atoms with E-state index in [1.165, 1.54) is 0 Å². The maximum Gasteiger partial charge on any atom is 0.249 e. The average molecular weight is 201 g/mol. The maximum atomic E-state index is 11.3. The van der Waals surface area contributed by atoms with E-state index in [0.717, 1.165) is 0 Å². The van der Waals surface area contributed by atoms with Crippen molar-refractivity contribution in [2.75, 3.05) is 7.05 Å². The Balaban J connectivity index is 1.97. The Morgan fingerprint density at radius 3 is 2.71 bits per heavy atom. The van der Waals surface area contributed by atoms with E-state index in [2.05, 4.69) is 5.32 Å². The predicted octanol–water partition coefficient (Wildman–Crippen LogP) is -0.00110. The van der Waals surface area contributed by atoms with Gasteiger partial charge in [0.1, 0.15) is 12.2 Å². The van der Waals surface area contributed by atoms with E-state index >= 15 is 0 Å². The molecule has 2 aliphatic heterocycles. The van der Waals surface area contributed by atoms with E-state index in [0.29, 0.717) is 6.42 Å². The number of fused-ring (bicyclic) bond motifs is 1. The number of likely N-dealkylation sites (N-methyl/N-ethyl adjacent to an activating group) is 1. The second-order valence-corrected chi connectivity index (χ2v) is 4.02. The molecule has 5 nitrogen and oxygen atoms in total. The molecule has 80 valence electrons. The summed E-state index contributed by atoms with van der Waals surface area (Å²) in [6.07, 6.45) is -0.390. The van der Waals surface area contributed by atoms with Crippen molar-refractivity contribution in [2.24, 2.45) is 0 Å². The lowest BCUT2D eigenvalue weighted by Gasteiger charge is -2.19. The van der Waals surface area contributed by atoms with Gasteiger partial charge in [-0.05, 0) is 13.8 Å². The van der Waals surface area contributed by atoms with Crippen LogP contribution in [0.4, 0.5) is 0 Å². The number of amides is 1. The number of hydrogen-bond acceptors (Lipinski definition) is 4. The van der Waals surface area contributed by atoms with Crippen LogP contribution in [0.5, 0.6) is 0 Å². The molecule has 2 rings (SSSR count). The first-order valence-corrected chi connectivity index (χ1v) is 4.74. The molecule has 0 aromatic carbocycles. The van der Waals surface area contributed by atoms with E-state index < -0.39 is 18.2 Å². The molecule has 2 saturated heterocycles. The van der Waals surface area contributed by atoms with Gasteiger partial charge in [-0.3, -0.25) is 4.79 Å². The van der Waals surface area contributed by atoms with E-state index in [4.69, 9.17) is 14.2 Å². The lowest BCUT2D eigenvalue weighted by atomic mass is 10.2. The molecule has 0 bridgehead atoms. The fourth-order valence-corrected chi connectivity index (χ4v) is 1.84. The molecule has 2 fully saturated rings. The minimum atomic E-state index is -0.594. The van der Waals surface area contributed by atoms with E-state index in [1.807, 2.05) is 13.8 Å². The SMILES string of the molecule is CNC(=O)C1CC2OC(C)(C)OC2O1. The number of hydrogen-bond donors (Lipinski definition) is 1. The number of ether oxygens (including phenoxy) is 3. The van der Waals surface area contributed by atoms with Crippen LogP contribution in [0, 0.1) is 0 Å². The Hall–Kier alpha value is -0.650. The molecule has 14 heavy (non-hydrogen) atoms. The first kappa shape index (κ1) is 9.89. The minimum absolute atomic E-state index is 0.118. The summed E-state index contributed by atoms with van der Waals surface area (Å²) in [5, 5.41) is 2.54. The van der Waals surface area contributed by atoms with E-state index in [1.54, 1.807) is 7.05 Å². The molecule has 0 aromatic heterocycles. The van der Waals surface area contributed by atoms with Crippen molar-refractivity contribution in [3.63, 3.8) is 0 Å². The Morgan fingerprint density at radius 2 is 2.14 bits per heavy atom. The largest absolute Gasteiger partial charge is 0.357 e. The highest BCUT2D eigenvalue weighted by Crippen LogP contribution is 2.36. The summed E-state index contributed by atoms with van der Waals surface area (Å²) in [6.45, 7) is 3.67. The minimum Gasteiger partial charge on any atom is -0.357 e. The zero-order valence-electron chi connectivity index (χ0n) is 8.57. The summed E-state index contributed by atoms with van der Waals surface area (Å²) < 4.78 is 16.5. The van der Waals surface area contributed by atoms with Gasteiger partial charge in [0.05, 0.1) is 0 Å². The van der Waals surface area contributed by atoms with Gasteiger partial charge >= 0.3 is 0 Å². The average Bonchev–Trinajstić information content (AvgIpc) is 2.56. The highest BCUT2D eigenvalue weighted by molar-refractivity contribution is 5.80. The van der Waals surface area contributed by atoms with Gasteiger partial charge in [-0.15, -0.1) is 0 Å². The van der Waals surface area contributed by atoms with Gasteiger partial charge in [0.2, 0.25) is 5.91 Å². The second kappa shape index (κ2) is 3.18. The molecule has 0 spiro atoms. The van der Waals surface area contributed by atoms with Gasteiger partial charge in [-0.1, -0.05) is 0 Å². The van der Waals surface area contributed by atoms with Crippen LogP contribution in [-0.2, 0) is 19.0 Å². The summed E-state index contributed by atoms with van der Waals surface area (Å²) in [6, 6.07) is 0. The molecule has 0 radical (unpaired) electrons. The maximum absolute atomic E-state index is 11.3. The van der Waals surface area contributed by atoms with Crippen molar-refractivity contribution in [1.82, 2.24) is 5.32 Å². The molecule has 0 aromatic rings. The van der Waals surface area contributed by atoms with E-state index in [-0.39, 0.29) is 12.0 Å². The first-order valence-electron chi connectivity index (χ1n) is 4.74. The van der Waals surface area contributed by atoms with Crippen LogP contribution in [0.15, 0.2) is 0 Å². The third kappa shape index (κ3) is 1.63. The summed E-state index contributed by atoms with van der Waals surface area (Å²) in [7, 11) is 1.59. The summed E-state index contributed by atoms with van der Waals surface area (Å²) in [5.41, 5.74) is 0. The van der Waals surface area contributed by atoms with Crippen LogP contribution in [0.2, 0.25) is 0 Å². The molecule has 2 aliphatic rings. The number of nitrogens with one attached hydrogen (secondary N) is 1. The van der Waals surface area contributed by atoms with Gasteiger partial charge in [0.25, 0.3) is 0 Å². The van der Waals surface area contributed by atoms with Crippen molar-refractivity contribution in [1.29, 1.82) is 0 Å². The van der Waals surface area contributed by atoms with Crippen LogP contribution in [0.25, 0.3) is 0 Å². The molecule has 0 aliphatic carbocycles. The summed E-state index contributed by atoms with van der Waals surface area (Å²) >= 11 is 0. The first-order chi connectivity index (χ1) is 6.52. The Labute approximate surface area is 82.7 Å². The van der Waals surface area contributed by atoms with Crippen LogP contribution >= 0.6 is 0 Å². The fraction of sp³-hybridized carbons (Fsp3) is 0.889. The highest BCUT2D eigenvalue weighted by atomic mass is 16.8. The van der Waals surface area contributed by atoms with Crippen LogP contribution in [-0.4, -0.2) is 37.2 Å². The van der Waals surface area contributed by atoms with Gasteiger partial charge < -0.3 is 19.5 Å². The van der Waals surface area contributed by atoms with Crippen molar-refractivity contribution < 1.29 is 19.0 Å². The van der Waals surface area contributed by atoms with Gasteiger partial charge in [-0.2, -0.15) is 0 Å². The molecule has 1 amide bonds. The van der Waals surface area contributed by atoms with Crippen LogP contribution < -0.4 is 5.32 Å². The normalized spacial score (nSPS) is 39.5. The third-order valence-corrected chi connectivity index (χ3v) is 2.42. The standard InChI is InChI=1S/C9H15NO4/c1-9(2)13-6-4-5(7(11)10-3)12-8(6)14-9/h5-6,8H,4H2,1-3H3,(H,10,11). The predicted molar refractivity (Wildman–Crippen MR) is 47.4 cm³/mol. The Kier molecular flexibility index (Phi) is 2.25. The third-order valence-electron chi connectivity index (χ3n) is 2.42. The van der Waals surface area contributed by atoms with Crippen molar-refractivity contribution in [3.8, 4) is 0 Å². The van der Waals surface area contributed by atoms with Gasteiger partial charge in [0.15, 0.2) is 12.1 Å². The topological polar surface area (TPSA) is 56.8 Å². The van der Waals surface area contributed by atoms with Crippen LogP contribution in [0.1, 0.15) is 20.3 Å². The zero-order chi connectivity index (χ0) is 10.3. The molecular weight excluding hydrogens is 186 g/mol. The number of rotatable bonds is 1. The van der Waals surface area contributed by atoms with Crippen molar-refractivity contribution >= 4 is 5.91 Å². The molecular formula is C9H15NO4. The molecule has 1 N–H and O–H groups in total. The fourth-order valence-electron chi connectivity index (χ4n) is 1.84. The molecule has 0 saturated carbocycles. The monoisotopic (exact) mass is 201 g/mol. The zero-order valence-corrected chi connectivity index (χ0v) is 8.57. The summed E-state index contributed by atoms with van der Waals surface area (Å²) in [4.78, 5) is 11.3. The second-order valence-electron chi connectivity index (χ2n) is 4.02. The number of carbonyl (C=O) groups excluding carboxylic acids is 1. The Morgan fingerprint density at radius 1 is 1.43 bits per heavy atom. The Bertz CT molecular complexity index is 237. The molecule has 3 atom stereocenters. The van der Waals surface area contributed by atoms with Gasteiger partial charge in [-0.25, -0.2) is 0 Å².